The van der Waals surface area contributed by atoms with Crippen LogP contribution in [-0.2, 0) is 16.6 Å². The van der Waals surface area contributed by atoms with Crippen molar-refractivity contribution >= 4 is 27.7 Å². The molecule has 1 heterocycles. The second-order valence-electron chi connectivity index (χ2n) is 6.17. The fraction of sp³-hybridized carbons (Fsp3) is 0.263. The lowest BCUT2D eigenvalue weighted by Gasteiger charge is -2.33. The van der Waals surface area contributed by atoms with Crippen LogP contribution in [0.1, 0.15) is 11.1 Å². The minimum Gasteiger partial charge on any atom is -0.296 e. The Labute approximate surface area is 158 Å². The molecule has 0 N–H and O–H groups in total. The topological polar surface area (TPSA) is 40.6 Å². The van der Waals surface area contributed by atoms with Crippen molar-refractivity contribution in [2.24, 2.45) is 0 Å². The van der Waals surface area contributed by atoms with E-state index in [2.05, 4.69) is 4.90 Å². The van der Waals surface area contributed by atoms with Gasteiger partial charge in [-0.3, -0.25) is 4.90 Å². The van der Waals surface area contributed by atoms with E-state index >= 15 is 0 Å². The first-order valence-electron chi connectivity index (χ1n) is 8.33. The Bertz CT molecular complexity index is 880. The van der Waals surface area contributed by atoms with Crippen LogP contribution < -0.4 is 0 Å². The van der Waals surface area contributed by atoms with E-state index in [0.717, 1.165) is 11.1 Å². The molecular weight excluding hydrogens is 375 g/mol. The van der Waals surface area contributed by atoms with Crippen LogP contribution in [0.15, 0.2) is 53.9 Å². The van der Waals surface area contributed by atoms with Crippen LogP contribution in [0, 0.1) is 5.82 Å². The van der Waals surface area contributed by atoms with Gasteiger partial charge in [-0.05, 0) is 29.3 Å². The van der Waals surface area contributed by atoms with Crippen LogP contribution in [0.3, 0.4) is 0 Å². The van der Waals surface area contributed by atoms with Crippen molar-refractivity contribution in [2.45, 2.75) is 6.54 Å². The molecule has 3 rings (SSSR count). The van der Waals surface area contributed by atoms with Gasteiger partial charge in [0.05, 0.1) is 0 Å². The second kappa shape index (κ2) is 8.31. The number of hydrogen-bond donors (Lipinski definition) is 0. The molecule has 0 spiro atoms. The molecule has 1 fully saturated rings. The standard InChI is InChI=1S/C19H20ClFN2O2S/c20-19-14-18(21)7-6-17(19)15-22-9-11-23(12-10-22)26(24,25)13-8-16-4-2-1-3-5-16/h1-8,13-14H,9-12,15H2/b13-8+. The second-order valence-corrected chi connectivity index (χ2v) is 8.40. The van der Waals surface area contributed by atoms with E-state index in [-0.39, 0.29) is 5.82 Å². The highest BCUT2D eigenvalue weighted by Gasteiger charge is 2.25. The van der Waals surface area contributed by atoms with Crippen LogP contribution in [0.25, 0.3) is 6.08 Å². The summed E-state index contributed by atoms with van der Waals surface area (Å²) in [4.78, 5) is 2.12. The quantitative estimate of drug-likeness (QED) is 0.778. The summed E-state index contributed by atoms with van der Waals surface area (Å²) in [7, 11) is -3.44. The SMILES string of the molecule is O=S(=O)(/C=C/c1ccccc1)N1CCN(Cc2ccc(F)cc2Cl)CC1. The predicted octanol–water partition coefficient (Wildman–Crippen LogP) is 3.60. The molecule has 1 saturated heterocycles. The Balaban J connectivity index is 1.58. The maximum atomic E-state index is 13.1. The zero-order valence-corrected chi connectivity index (χ0v) is 15.8. The van der Waals surface area contributed by atoms with E-state index in [1.807, 2.05) is 30.3 Å². The van der Waals surface area contributed by atoms with Gasteiger partial charge in [0.25, 0.3) is 0 Å². The summed E-state index contributed by atoms with van der Waals surface area (Å²) in [6.07, 6.45) is 1.61. The molecular formula is C19H20ClFN2O2S. The van der Waals surface area contributed by atoms with Gasteiger partial charge >= 0.3 is 0 Å². The number of rotatable bonds is 5. The van der Waals surface area contributed by atoms with Gasteiger partial charge in [-0.15, -0.1) is 0 Å². The molecule has 2 aromatic rings. The number of halogens is 2. The predicted molar refractivity (Wildman–Crippen MR) is 103 cm³/mol. The summed E-state index contributed by atoms with van der Waals surface area (Å²) in [5.74, 6) is -0.361. The third-order valence-electron chi connectivity index (χ3n) is 4.33. The first-order chi connectivity index (χ1) is 12.4. The first kappa shape index (κ1) is 19.0. The van der Waals surface area contributed by atoms with Crippen LogP contribution in [-0.4, -0.2) is 43.8 Å². The molecule has 2 aromatic carbocycles. The molecule has 138 valence electrons. The molecule has 0 aromatic heterocycles. The minimum absolute atomic E-state index is 0.361. The molecule has 0 bridgehead atoms. The molecule has 0 atom stereocenters. The average Bonchev–Trinajstić information content (AvgIpc) is 2.64. The van der Waals surface area contributed by atoms with Crippen molar-refractivity contribution in [3.63, 3.8) is 0 Å². The van der Waals surface area contributed by atoms with E-state index in [1.54, 1.807) is 12.1 Å². The largest absolute Gasteiger partial charge is 0.296 e. The Kier molecular flexibility index (Phi) is 6.09. The monoisotopic (exact) mass is 394 g/mol. The van der Waals surface area contributed by atoms with Gasteiger partial charge in [-0.2, -0.15) is 4.31 Å². The van der Waals surface area contributed by atoms with E-state index < -0.39 is 10.0 Å². The van der Waals surface area contributed by atoms with Crippen LogP contribution >= 0.6 is 11.6 Å². The molecule has 7 heteroatoms. The number of sulfonamides is 1. The number of nitrogens with zero attached hydrogens (tertiary/aromatic N) is 2. The molecule has 1 aliphatic rings. The van der Waals surface area contributed by atoms with Gasteiger partial charge in [0.1, 0.15) is 5.82 Å². The minimum atomic E-state index is -3.44. The van der Waals surface area contributed by atoms with Crippen molar-refractivity contribution in [1.82, 2.24) is 9.21 Å². The summed E-state index contributed by atoms with van der Waals surface area (Å²) in [5.41, 5.74) is 1.69. The average molecular weight is 395 g/mol. The van der Waals surface area contributed by atoms with Crippen molar-refractivity contribution < 1.29 is 12.8 Å². The molecule has 0 aliphatic carbocycles. The third-order valence-corrected chi connectivity index (χ3v) is 6.25. The molecule has 1 aliphatic heterocycles. The summed E-state index contributed by atoms with van der Waals surface area (Å²) in [6.45, 7) is 2.62. The van der Waals surface area contributed by atoms with Gasteiger partial charge in [0.2, 0.25) is 10.0 Å². The number of piperazine rings is 1. The molecule has 26 heavy (non-hydrogen) atoms. The normalized spacial score (nSPS) is 17.0. The van der Waals surface area contributed by atoms with Gasteiger partial charge in [-0.1, -0.05) is 48.0 Å². The van der Waals surface area contributed by atoms with Gasteiger partial charge < -0.3 is 0 Å². The highest BCUT2D eigenvalue weighted by molar-refractivity contribution is 7.92. The van der Waals surface area contributed by atoms with E-state index in [1.165, 1.54) is 21.8 Å². The van der Waals surface area contributed by atoms with Gasteiger partial charge in [0.15, 0.2) is 0 Å². The number of hydrogen-bond acceptors (Lipinski definition) is 3. The van der Waals surface area contributed by atoms with Crippen molar-refractivity contribution in [1.29, 1.82) is 0 Å². The van der Waals surface area contributed by atoms with Crippen molar-refractivity contribution in [3.05, 3.63) is 75.9 Å². The summed E-state index contributed by atoms with van der Waals surface area (Å²) in [5, 5.41) is 1.65. The van der Waals surface area contributed by atoms with E-state index in [0.29, 0.717) is 37.7 Å². The highest BCUT2D eigenvalue weighted by Crippen LogP contribution is 2.20. The third kappa shape index (κ3) is 4.92. The lowest BCUT2D eigenvalue weighted by molar-refractivity contribution is 0.182. The van der Waals surface area contributed by atoms with Crippen LogP contribution in [0.2, 0.25) is 5.02 Å². The zero-order chi connectivity index (χ0) is 18.6. The highest BCUT2D eigenvalue weighted by atomic mass is 35.5. The molecule has 0 unspecified atom stereocenters. The zero-order valence-electron chi connectivity index (χ0n) is 14.2. The molecule has 0 saturated carbocycles. The summed E-state index contributed by atoms with van der Waals surface area (Å²) in [6, 6.07) is 13.7. The fourth-order valence-electron chi connectivity index (χ4n) is 2.85. The fourth-order valence-corrected chi connectivity index (χ4v) is 4.25. The first-order valence-corrected chi connectivity index (χ1v) is 10.2. The van der Waals surface area contributed by atoms with Gasteiger partial charge in [0, 0.05) is 43.2 Å². The Hall–Kier alpha value is -1.73. The Morgan fingerprint density at radius 1 is 1.04 bits per heavy atom. The molecule has 0 amide bonds. The maximum Gasteiger partial charge on any atom is 0.236 e. The Morgan fingerprint density at radius 2 is 1.73 bits per heavy atom. The Morgan fingerprint density at radius 3 is 2.38 bits per heavy atom. The van der Waals surface area contributed by atoms with E-state index in [4.69, 9.17) is 11.6 Å². The molecule has 0 radical (unpaired) electrons. The number of benzene rings is 2. The summed E-state index contributed by atoms with van der Waals surface area (Å²) < 4.78 is 39.6. The smallest absolute Gasteiger partial charge is 0.236 e. The maximum absolute atomic E-state index is 13.1. The van der Waals surface area contributed by atoms with Crippen molar-refractivity contribution in [3.8, 4) is 0 Å². The lowest BCUT2D eigenvalue weighted by Crippen LogP contribution is -2.47. The summed E-state index contributed by atoms with van der Waals surface area (Å²) >= 11 is 6.07. The molecule has 4 nitrogen and oxygen atoms in total. The van der Waals surface area contributed by atoms with Crippen LogP contribution in [0.5, 0.6) is 0 Å². The van der Waals surface area contributed by atoms with E-state index in [9.17, 15) is 12.8 Å². The van der Waals surface area contributed by atoms with Crippen molar-refractivity contribution in [2.75, 3.05) is 26.2 Å². The van der Waals surface area contributed by atoms with Crippen LogP contribution in [0.4, 0.5) is 4.39 Å². The van der Waals surface area contributed by atoms with Gasteiger partial charge in [-0.25, -0.2) is 12.8 Å². The lowest BCUT2D eigenvalue weighted by atomic mass is 10.2.